The summed E-state index contributed by atoms with van der Waals surface area (Å²) in [6.07, 6.45) is 0. The van der Waals surface area contributed by atoms with Crippen molar-refractivity contribution in [2.45, 2.75) is 13.8 Å². The van der Waals surface area contributed by atoms with Crippen LogP contribution in [0.5, 0.6) is 11.5 Å². The van der Waals surface area contributed by atoms with Gasteiger partial charge in [-0.1, -0.05) is 29.8 Å². The molecule has 0 aliphatic carbocycles. The molecule has 3 rings (SSSR count). The molecular formula is C20H21NO4. The molecule has 1 amide bonds. The molecule has 5 heteroatoms. The molecule has 0 aliphatic rings. The largest absolute Gasteiger partial charge is 0.493 e. The number of nitrogens with one attached hydrogen (secondary N) is 1. The van der Waals surface area contributed by atoms with Crippen LogP contribution in [0.4, 0.5) is 0 Å². The predicted octanol–water partition coefficient (Wildman–Crippen LogP) is 3.87. The van der Waals surface area contributed by atoms with Gasteiger partial charge >= 0.3 is 0 Å². The Morgan fingerprint density at radius 1 is 1.12 bits per heavy atom. The Hall–Kier alpha value is -2.95. The zero-order valence-corrected chi connectivity index (χ0v) is 14.6. The lowest BCUT2D eigenvalue weighted by Gasteiger charge is -2.10. The number of benzene rings is 2. The number of furan rings is 1. The van der Waals surface area contributed by atoms with Crippen molar-refractivity contribution in [3.8, 4) is 11.5 Å². The SMILES string of the molecule is COc1cccc2cc(C(=O)NCCOc3ccc(C)cc3C)oc12. The smallest absolute Gasteiger partial charge is 0.287 e. The number of hydrogen-bond acceptors (Lipinski definition) is 4. The molecule has 0 spiro atoms. The average molecular weight is 339 g/mol. The molecule has 0 saturated carbocycles. The van der Waals surface area contributed by atoms with E-state index in [4.69, 9.17) is 13.9 Å². The van der Waals surface area contributed by atoms with Gasteiger partial charge in [0.2, 0.25) is 0 Å². The van der Waals surface area contributed by atoms with Crippen LogP contribution in [0.1, 0.15) is 21.7 Å². The second-order valence-corrected chi connectivity index (χ2v) is 5.86. The Morgan fingerprint density at radius 2 is 1.96 bits per heavy atom. The molecule has 0 fully saturated rings. The summed E-state index contributed by atoms with van der Waals surface area (Å²) >= 11 is 0. The fourth-order valence-electron chi connectivity index (χ4n) is 2.68. The number of fused-ring (bicyclic) bond motifs is 1. The molecule has 0 radical (unpaired) electrons. The molecule has 5 nitrogen and oxygen atoms in total. The Bertz CT molecular complexity index is 898. The van der Waals surface area contributed by atoms with E-state index >= 15 is 0 Å². The summed E-state index contributed by atoms with van der Waals surface area (Å²) in [5.74, 6) is 1.41. The van der Waals surface area contributed by atoms with Gasteiger partial charge in [0, 0.05) is 5.39 Å². The van der Waals surface area contributed by atoms with Crippen molar-refractivity contribution in [2.75, 3.05) is 20.3 Å². The van der Waals surface area contributed by atoms with Crippen molar-refractivity contribution < 1.29 is 18.7 Å². The lowest BCUT2D eigenvalue weighted by atomic mass is 10.1. The third-order valence-corrected chi connectivity index (χ3v) is 3.93. The zero-order chi connectivity index (χ0) is 17.8. The van der Waals surface area contributed by atoms with Gasteiger partial charge in [-0.25, -0.2) is 0 Å². The molecule has 25 heavy (non-hydrogen) atoms. The molecule has 2 aromatic carbocycles. The van der Waals surface area contributed by atoms with Gasteiger partial charge in [0.1, 0.15) is 12.4 Å². The highest BCUT2D eigenvalue weighted by Gasteiger charge is 2.14. The molecule has 0 aliphatic heterocycles. The summed E-state index contributed by atoms with van der Waals surface area (Å²) in [6.45, 7) is 4.82. The first-order valence-corrected chi connectivity index (χ1v) is 8.13. The lowest BCUT2D eigenvalue weighted by molar-refractivity contribution is 0.0921. The molecule has 0 unspecified atom stereocenters. The molecule has 130 valence electrons. The van der Waals surface area contributed by atoms with Crippen molar-refractivity contribution >= 4 is 16.9 Å². The number of hydrogen-bond donors (Lipinski definition) is 1. The second kappa shape index (κ2) is 7.30. The standard InChI is InChI=1S/C20H21NO4/c1-13-7-8-16(14(2)11-13)24-10-9-21-20(22)18-12-15-5-4-6-17(23-3)19(15)25-18/h4-8,11-12H,9-10H2,1-3H3,(H,21,22). The summed E-state index contributed by atoms with van der Waals surface area (Å²) in [7, 11) is 1.57. The van der Waals surface area contributed by atoms with E-state index in [-0.39, 0.29) is 11.7 Å². The number of ether oxygens (including phenoxy) is 2. The summed E-state index contributed by atoms with van der Waals surface area (Å²) in [4.78, 5) is 12.2. The van der Waals surface area contributed by atoms with Gasteiger partial charge in [-0.15, -0.1) is 0 Å². The van der Waals surface area contributed by atoms with Gasteiger partial charge < -0.3 is 19.2 Å². The van der Waals surface area contributed by atoms with Gasteiger partial charge in [-0.05, 0) is 37.6 Å². The van der Waals surface area contributed by atoms with E-state index in [9.17, 15) is 4.79 Å². The van der Waals surface area contributed by atoms with E-state index in [0.717, 1.165) is 16.7 Å². The first-order valence-electron chi connectivity index (χ1n) is 8.13. The Morgan fingerprint density at radius 3 is 2.72 bits per heavy atom. The van der Waals surface area contributed by atoms with E-state index in [2.05, 4.69) is 11.4 Å². The van der Waals surface area contributed by atoms with E-state index in [1.54, 1.807) is 19.2 Å². The van der Waals surface area contributed by atoms with Crippen LogP contribution in [0.2, 0.25) is 0 Å². The minimum absolute atomic E-state index is 0.256. The normalized spacial score (nSPS) is 10.7. The van der Waals surface area contributed by atoms with Crippen LogP contribution in [0.3, 0.4) is 0 Å². The van der Waals surface area contributed by atoms with Gasteiger partial charge in [0.25, 0.3) is 5.91 Å². The molecule has 1 N–H and O–H groups in total. The fraction of sp³-hybridized carbons (Fsp3) is 0.250. The van der Waals surface area contributed by atoms with Crippen molar-refractivity contribution in [3.05, 3.63) is 59.4 Å². The molecular weight excluding hydrogens is 318 g/mol. The number of methoxy groups -OCH3 is 1. The van der Waals surface area contributed by atoms with Crippen LogP contribution in [-0.4, -0.2) is 26.2 Å². The fourth-order valence-corrected chi connectivity index (χ4v) is 2.68. The molecule has 0 saturated heterocycles. The predicted molar refractivity (Wildman–Crippen MR) is 96.5 cm³/mol. The maximum absolute atomic E-state index is 12.2. The van der Waals surface area contributed by atoms with Gasteiger partial charge in [-0.2, -0.15) is 0 Å². The molecule has 1 aromatic heterocycles. The third-order valence-electron chi connectivity index (χ3n) is 3.93. The van der Waals surface area contributed by atoms with E-state index in [1.807, 2.05) is 38.1 Å². The summed E-state index contributed by atoms with van der Waals surface area (Å²) in [6, 6.07) is 13.2. The maximum atomic E-state index is 12.2. The summed E-state index contributed by atoms with van der Waals surface area (Å²) < 4.78 is 16.6. The van der Waals surface area contributed by atoms with Crippen LogP contribution in [0.25, 0.3) is 11.0 Å². The number of rotatable bonds is 6. The number of amides is 1. The van der Waals surface area contributed by atoms with Gasteiger partial charge in [-0.3, -0.25) is 4.79 Å². The van der Waals surface area contributed by atoms with Crippen LogP contribution >= 0.6 is 0 Å². The molecule has 1 heterocycles. The lowest BCUT2D eigenvalue weighted by Crippen LogP contribution is -2.27. The van der Waals surface area contributed by atoms with Crippen molar-refractivity contribution in [1.29, 1.82) is 0 Å². The number of carbonyl (C=O) groups is 1. The number of para-hydroxylation sites is 1. The first kappa shape index (κ1) is 16.9. The highest BCUT2D eigenvalue weighted by molar-refractivity contribution is 5.97. The van der Waals surface area contributed by atoms with Crippen LogP contribution in [0, 0.1) is 13.8 Å². The monoisotopic (exact) mass is 339 g/mol. The average Bonchev–Trinajstić information content (AvgIpc) is 3.04. The highest BCUT2D eigenvalue weighted by atomic mass is 16.5. The van der Waals surface area contributed by atoms with Crippen molar-refractivity contribution in [1.82, 2.24) is 5.32 Å². The van der Waals surface area contributed by atoms with Crippen LogP contribution in [-0.2, 0) is 0 Å². The topological polar surface area (TPSA) is 60.7 Å². The quantitative estimate of drug-likeness (QED) is 0.693. The van der Waals surface area contributed by atoms with E-state index < -0.39 is 0 Å². The molecule has 3 aromatic rings. The zero-order valence-electron chi connectivity index (χ0n) is 14.6. The second-order valence-electron chi connectivity index (χ2n) is 5.86. The van der Waals surface area contributed by atoms with Crippen LogP contribution in [0.15, 0.2) is 46.9 Å². The minimum atomic E-state index is -0.275. The molecule has 0 atom stereocenters. The Labute approximate surface area is 146 Å². The van der Waals surface area contributed by atoms with Gasteiger partial charge in [0.05, 0.1) is 13.7 Å². The van der Waals surface area contributed by atoms with Crippen molar-refractivity contribution in [3.63, 3.8) is 0 Å². The Balaban J connectivity index is 1.57. The van der Waals surface area contributed by atoms with E-state index in [1.165, 1.54) is 5.56 Å². The maximum Gasteiger partial charge on any atom is 0.287 e. The minimum Gasteiger partial charge on any atom is -0.493 e. The highest BCUT2D eigenvalue weighted by Crippen LogP contribution is 2.28. The number of carbonyl (C=O) groups excluding carboxylic acids is 1. The third kappa shape index (κ3) is 3.76. The van der Waals surface area contributed by atoms with Crippen LogP contribution < -0.4 is 14.8 Å². The first-order chi connectivity index (χ1) is 12.1. The Kier molecular flexibility index (Phi) is 4.93. The van der Waals surface area contributed by atoms with E-state index in [0.29, 0.717) is 24.5 Å². The van der Waals surface area contributed by atoms with Crippen molar-refractivity contribution in [2.24, 2.45) is 0 Å². The number of aryl methyl sites for hydroxylation is 2. The van der Waals surface area contributed by atoms with Gasteiger partial charge in [0.15, 0.2) is 17.1 Å². The molecule has 0 bridgehead atoms. The summed E-state index contributed by atoms with van der Waals surface area (Å²) in [5.41, 5.74) is 2.84. The summed E-state index contributed by atoms with van der Waals surface area (Å²) in [5, 5.41) is 3.63.